The first-order chi connectivity index (χ1) is 12.5. The molecular formula is C19H24ClN3O3. The standard InChI is InChI=1S/C19H24ClN3O3/c1-12(2)5-8-26-17-6-7-25-11-16(17)23-19(24)10-18-21-14-4-3-13(20)9-15(14)22-18/h3-5,9,16-17H,6-8,10-11H2,1-2H3,(H,21,22)(H,23,24)/t16-,17+/m0/s1. The summed E-state index contributed by atoms with van der Waals surface area (Å²) in [7, 11) is 0. The Morgan fingerprint density at radius 2 is 2.35 bits per heavy atom. The number of fused-ring (bicyclic) bond motifs is 1. The smallest absolute Gasteiger partial charge is 0.227 e. The lowest BCUT2D eigenvalue weighted by molar-refractivity contribution is -0.125. The van der Waals surface area contributed by atoms with Crippen molar-refractivity contribution in [1.29, 1.82) is 0 Å². The molecular weight excluding hydrogens is 354 g/mol. The van der Waals surface area contributed by atoms with Crippen molar-refractivity contribution in [3.8, 4) is 0 Å². The Morgan fingerprint density at radius 1 is 1.50 bits per heavy atom. The molecule has 140 valence electrons. The van der Waals surface area contributed by atoms with Crippen molar-refractivity contribution >= 4 is 28.5 Å². The average Bonchev–Trinajstić information content (AvgIpc) is 2.97. The number of hydrogen-bond acceptors (Lipinski definition) is 4. The Kier molecular flexibility index (Phi) is 6.29. The molecule has 1 aliphatic rings. The molecule has 7 heteroatoms. The molecule has 2 heterocycles. The van der Waals surface area contributed by atoms with Gasteiger partial charge in [-0.15, -0.1) is 0 Å². The summed E-state index contributed by atoms with van der Waals surface area (Å²) in [6, 6.07) is 5.26. The van der Waals surface area contributed by atoms with Crippen LogP contribution in [0.15, 0.2) is 29.8 Å². The monoisotopic (exact) mass is 377 g/mol. The fourth-order valence-electron chi connectivity index (χ4n) is 2.92. The van der Waals surface area contributed by atoms with Crippen LogP contribution in [0.3, 0.4) is 0 Å². The lowest BCUT2D eigenvalue weighted by Crippen LogP contribution is -2.51. The van der Waals surface area contributed by atoms with Crippen molar-refractivity contribution < 1.29 is 14.3 Å². The van der Waals surface area contributed by atoms with Crippen LogP contribution in [0.2, 0.25) is 5.02 Å². The third-order valence-corrected chi connectivity index (χ3v) is 4.50. The van der Waals surface area contributed by atoms with E-state index in [4.69, 9.17) is 21.1 Å². The quantitative estimate of drug-likeness (QED) is 0.759. The van der Waals surface area contributed by atoms with E-state index in [1.54, 1.807) is 12.1 Å². The van der Waals surface area contributed by atoms with Crippen molar-refractivity contribution in [3.05, 3.63) is 40.7 Å². The van der Waals surface area contributed by atoms with Crippen LogP contribution in [0.1, 0.15) is 26.1 Å². The van der Waals surface area contributed by atoms with E-state index in [-0.39, 0.29) is 24.5 Å². The number of hydrogen-bond donors (Lipinski definition) is 2. The van der Waals surface area contributed by atoms with Gasteiger partial charge in [0.05, 0.1) is 42.8 Å². The maximum atomic E-state index is 12.4. The van der Waals surface area contributed by atoms with E-state index in [1.165, 1.54) is 5.57 Å². The van der Waals surface area contributed by atoms with Gasteiger partial charge in [0.15, 0.2) is 0 Å². The molecule has 2 atom stereocenters. The Labute approximate surface area is 157 Å². The maximum Gasteiger partial charge on any atom is 0.227 e. The molecule has 1 aromatic heterocycles. The molecule has 0 saturated carbocycles. The van der Waals surface area contributed by atoms with Crippen molar-refractivity contribution in [1.82, 2.24) is 15.3 Å². The van der Waals surface area contributed by atoms with Crippen LogP contribution in [0.25, 0.3) is 11.0 Å². The molecule has 2 aromatic rings. The summed E-state index contributed by atoms with van der Waals surface area (Å²) >= 11 is 5.98. The number of carbonyl (C=O) groups is 1. The van der Waals surface area contributed by atoms with Gasteiger partial charge >= 0.3 is 0 Å². The van der Waals surface area contributed by atoms with E-state index in [2.05, 4.69) is 15.3 Å². The Bertz CT molecular complexity index is 798. The molecule has 26 heavy (non-hydrogen) atoms. The van der Waals surface area contributed by atoms with Crippen LogP contribution < -0.4 is 5.32 Å². The molecule has 0 spiro atoms. The molecule has 2 N–H and O–H groups in total. The predicted molar refractivity (Wildman–Crippen MR) is 101 cm³/mol. The van der Waals surface area contributed by atoms with Crippen molar-refractivity contribution in [2.75, 3.05) is 19.8 Å². The number of benzene rings is 1. The zero-order valence-corrected chi connectivity index (χ0v) is 15.8. The van der Waals surface area contributed by atoms with E-state index >= 15 is 0 Å². The summed E-state index contributed by atoms with van der Waals surface area (Å²) in [6.45, 7) is 5.72. The van der Waals surface area contributed by atoms with Crippen molar-refractivity contribution in [2.24, 2.45) is 0 Å². The van der Waals surface area contributed by atoms with Gasteiger partial charge in [-0.05, 0) is 38.5 Å². The minimum atomic E-state index is -0.152. The van der Waals surface area contributed by atoms with Gasteiger partial charge in [0.1, 0.15) is 5.82 Å². The van der Waals surface area contributed by atoms with Crippen LogP contribution in [-0.2, 0) is 20.7 Å². The second-order valence-corrected chi connectivity index (χ2v) is 7.15. The third kappa shape index (κ3) is 5.06. The van der Waals surface area contributed by atoms with Gasteiger partial charge in [0, 0.05) is 11.6 Å². The second-order valence-electron chi connectivity index (χ2n) is 6.71. The van der Waals surface area contributed by atoms with E-state index in [9.17, 15) is 4.79 Å². The number of amides is 1. The SMILES string of the molecule is CC(C)=CCO[C@@H]1CCOC[C@@H]1NC(=O)Cc1nc2ccc(Cl)cc2[nH]1. The molecule has 0 aliphatic carbocycles. The average molecular weight is 378 g/mol. The Hall–Kier alpha value is -1.89. The highest BCUT2D eigenvalue weighted by Gasteiger charge is 2.28. The molecule has 0 radical (unpaired) electrons. The predicted octanol–water partition coefficient (Wildman–Crippen LogP) is 3.02. The van der Waals surface area contributed by atoms with Gasteiger partial charge in [0.2, 0.25) is 5.91 Å². The Morgan fingerprint density at radius 3 is 3.15 bits per heavy atom. The fourth-order valence-corrected chi connectivity index (χ4v) is 3.09. The second kappa shape index (κ2) is 8.66. The van der Waals surface area contributed by atoms with Gasteiger partial charge in [-0.25, -0.2) is 4.98 Å². The van der Waals surface area contributed by atoms with Crippen LogP contribution in [-0.4, -0.2) is 47.8 Å². The molecule has 1 amide bonds. The number of aromatic nitrogens is 2. The van der Waals surface area contributed by atoms with Gasteiger partial charge in [-0.3, -0.25) is 4.79 Å². The zero-order valence-electron chi connectivity index (χ0n) is 15.0. The number of rotatable bonds is 6. The number of ether oxygens (including phenoxy) is 2. The lowest BCUT2D eigenvalue weighted by atomic mass is 10.1. The summed E-state index contributed by atoms with van der Waals surface area (Å²) in [5, 5.41) is 3.65. The molecule has 1 saturated heterocycles. The molecule has 0 bridgehead atoms. The number of nitrogens with zero attached hydrogens (tertiary/aromatic N) is 1. The molecule has 1 fully saturated rings. The fraction of sp³-hybridized carbons (Fsp3) is 0.474. The van der Waals surface area contributed by atoms with E-state index in [0.29, 0.717) is 30.7 Å². The van der Waals surface area contributed by atoms with Crippen molar-refractivity contribution in [3.63, 3.8) is 0 Å². The summed E-state index contributed by atoms with van der Waals surface area (Å²) in [4.78, 5) is 20.0. The minimum absolute atomic E-state index is 0.0437. The molecule has 1 aromatic carbocycles. The number of imidazole rings is 1. The van der Waals surface area contributed by atoms with Gasteiger partial charge in [-0.2, -0.15) is 0 Å². The maximum absolute atomic E-state index is 12.4. The Balaban J connectivity index is 1.58. The highest BCUT2D eigenvalue weighted by Crippen LogP contribution is 2.17. The number of H-pyrrole nitrogens is 1. The normalized spacial score (nSPS) is 20.1. The highest BCUT2D eigenvalue weighted by molar-refractivity contribution is 6.31. The molecule has 3 rings (SSSR count). The summed E-state index contributed by atoms with van der Waals surface area (Å²) in [5.41, 5.74) is 2.83. The van der Waals surface area contributed by atoms with Crippen LogP contribution in [0.5, 0.6) is 0 Å². The van der Waals surface area contributed by atoms with Gasteiger partial charge in [-0.1, -0.05) is 23.3 Å². The number of halogens is 1. The number of nitrogens with one attached hydrogen (secondary N) is 2. The molecule has 6 nitrogen and oxygen atoms in total. The van der Waals surface area contributed by atoms with Crippen LogP contribution >= 0.6 is 11.6 Å². The zero-order chi connectivity index (χ0) is 18.5. The summed E-state index contributed by atoms with van der Waals surface area (Å²) < 4.78 is 11.4. The summed E-state index contributed by atoms with van der Waals surface area (Å²) in [5.74, 6) is 0.500. The minimum Gasteiger partial charge on any atom is -0.379 e. The number of carbonyl (C=O) groups excluding carboxylic acids is 1. The first kappa shape index (κ1) is 18.9. The molecule has 0 unspecified atom stereocenters. The summed E-state index contributed by atoms with van der Waals surface area (Å²) in [6.07, 6.45) is 2.93. The van der Waals surface area contributed by atoms with E-state index in [0.717, 1.165) is 17.5 Å². The lowest BCUT2D eigenvalue weighted by Gasteiger charge is -2.31. The van der Waals surface area contributed by atoms with Crippen LogP contribution in [0, 0.1) is 0 Å². The largest absolute Gasteiger partial charge is 0.379 e. The first-order valence-electron chi connectivity index (χ1n) is 8.77. The van der Waals surface area contributed by atoms with Crippen LogP contribution in [0.4, 0.5) is 0 Å². The van der Waals surface area contributed by atoms with E-state index in [1.807, 2.05) is 26.0 Å². The number of aromatic amines is 1. The van der Waals surface area contributed by atoms with Crippen molar-refractivity contribution in [2.45, 2.75) is 38.8 Å². The van der Waals surface area contributed by atoms with Gasteiger partial charge < -0.3 is 19.8 Å². The van der Waals surface area contributed by atoms with Gasteiger partial charge in [0.25, 0.3) is 0 Å². The molecule has 1 aliphatic heterocycles. The number of allylic oxidation sites excluding steroid dienone is 1. The highest BCUT2D eigenvalue weighted by atomic mass is 35.5. The first-order valence-corrected chi connectivity index (χ1v) is 9.15. The third-order valence-electron chi connectivity index (χ3n) is 4.26. The topological polar surface area (TPSA) is 76.2 Å². The van der Waals surface area contributed by atoms with E-state index < -0.39 is 0 Å².